The summed E-state index contributed by atoms with van der Waals surface area (Å²) < 4.78 is 18.5. The summed E-state index contributed by atoms with van der Waals surface area (Å²) in [5, 5.41) is 10.1. The maximum absolute atomic E-state index is 15.4. The number of aliphatic hydroxyl groups is 1. The van der Waals surface area contributed by atoms with E-state index in [-0.39, 0.29) is 49.3 Å². The molecule has 10 heteroatoms. The van der Waals surface area contributed by atoms with Crippen molar-refractivity contribution in [3.05, 3.63) is 114 Å². The molecule has 4 aromatic carbocycles. The van der Waals surface area contributed by atoms with Gasteiger partial charge in [0.05, 0.1) is 50.2 Å². The number of para-hydroxylation sites is 2. The standard InChI is InChI=1S/C44H47N3O7/c1-28-41(43(2,3)30-16-19-33(52-4)20-17-30)38(24-39(49)45-22-10-13-32(45)26-48)54-44(28)34-23-31(47-36-14-8-9-15-37(36)53-27-40(47)50)18-21-35(34)46(42(44)51)25-29-11-6-5-7-12-29/h5-9,11-12,14-21,23,28,32,38,41,48H,10,13,22,24-27H2,1-4H3/t28-,32-,38+,41-,44+/m0/s1. The third-order valence-corrected chi connectivity index (χ3v) is 12.3. The number of ether oxygens (including phenoxy) is 3. The molecule has 4 heterocycles. The zero-order valence-corrected chi connectivity index (χ0v) is 31.2. The average molecular weight is 730 g/mol. The third kappa shape index (κ3) is 5.74. The van der Waals surface area contributed by atoms with E-state index in [1.165, 1.54) is 0 Å². The molecule has 0 saturated carbocycles. The number of carbonyl (C=O) groups excluding carboxylic acids is 3. The van der Waals surface area contributed by atoms with E-state index in [1.807, 2.05) is 97.1 Å². The first kappa shape index (κ1) is 35.8. The molecule has 0 radical (unpaired) electrons. The molecule has 2 saturated heterocycles. The van der Waals surface area contributed by atoms with E-state index < -0.39 is 23.0 Å². The van der Waals surface area contributed by atoms with Gasteiger partial charge in [0, 0.05) is 29.6 Å². The normalized spacial score (nSPS) is 24.9. The van der Waals surface area contributed by atoms with Gasteiger partial charge >= 0.3 is 0 Å². The molecule has 8 rings (SSSR count). The topological polar surface area (TPSA) is 109 Å². The Morgan fingerprint density at radius 3 is 2.44 bits per heavy atom. The van der Waals surface area contributed by atoms with Gasteiger partial charge in [0.1, 0.15) is 11.5 Å². The van der Waals surface area contributed by atoms with Crippen LogP contribution in [0.25, 0.3) is 0 Å². The fraction of sp³-hybridized carbons (Fsp3) is 0.386. The van der Waals surface area contributed by atoms with Crippen LogP contribution in [0.4, 0.5) is 17.1 Å². The minimum Gasteiger partial charge on any atom is -0.497 e. The summed E-state index contributed by atoms with van der Waals surface area (Å²) >= 11 is 0. The Balaban J connectivity index is 1.27. The van der Waals surface area contributed by atoms with E-state index in [0.29, 0.717) is 41.5 Å². The fourth-order valence-electron chi connectivity index (χ4n) is 9.59. The molecule has 54 heavy (non-hydrogen) atoms. The lowest BCUT2D eigenvalue weighted by Crippen LogP contribution is -2.46. The number of carbonyl (C=O) groups is 3. The second kappa shape index (κ2) is 13.9. The summed E-state index contributed by atoms with van der Waals surface area (Å²) in [6.45, 7) is 7.08. The van der Waals surface area contributed by atoms with E-state index in [1.54, 1.807) is 21.8 Å². The average Bonchev–Trinajstić information content (AvgIpc) is 3.85. The number of hydrogen-bond acceptors (Lipinski definition) is 7. The molecular formula is C44H47N3O7. The Bertz CT molecular complexity index is 2070. The minimum atomic E-state index is -1.46. The van der Waals surface area contributed by atoms with Crippen molar-refractivity contribution in [3.63, 3.8) is 0 Å². The molecule has 4 aliphatic rings. The number of amides is 3. The van der Waals surface area contributed by atoms with Crippen LogP contribution in [0, 0.1) is 11.8 Å². The van der Waals surface area contributed by atoms with Crippen LogP contribution in [0.1, 0.15) is 56.7 Å². The van der Waals surface area contributed by atoms with Gasteiger partial charge in [-0.2, -0.15) is 0 Å². The highest BCUT2D eigenvalue weighted by atomic mass is 16.5. The molecule has 280 valence electrons. The number of likely N-dealkylation sites (tertiary alicyclic amines) is 1. The quantitative estimate of drug-likeness (QED) is 0.210. The summed E-state index contributed by atoms with van der Waals surface area (Å²) in [5.41, 5.74) is 2.58. The van der Waals surface area contributed by atoms with Crippen LogP contribution < -0.4 is 19.3 Å². The molecule has 5 atom stereocenters. The van der Waals surface area contributed by atoms with Crippen molar-refractivity contribution in [1.29, 1.82) is 0 Å². The first-order chi connectivity index (χ1) is 26.1. The Hall–Kier alpha value is -5.19. The predicted molar refractivity (Wildman–Crippen MR) is 205 cm³/mol. The van der Waals surface area contributed by atoms with Crippen LogP contribution in [0.15, 0.2) is 97.1 Å². The van der Waals surface area contributed by atoms with E-state index in [2.05, 4.69) is 20.8 Å². The Morgan fingerprint density at radius 1 is 0.963 bits per heavy atom. The lowest BCUT2D eigenvalue weighted by atomic mass is 9.63. The van der Waals surface area contributed by atoms with Gasteiger partial charge < -0.3 is 29.1 Å². The van der Waals surface area contributed by atoms with Crippen molar-refractivity contribution < 1.29 is 33.7 Å². The van der Waals surface area contributed by atoms with Gasteiger partial charge in [0.15, 0.2) is 12.2 Å². The number of benzene rings is 4. The molecule has 4 aromatic rings. The third-order valence-electron chi connectivity index (χ3n) is 12.3. The van der Waals surface area contributed by atoms with Gasteiger partial charge in [0.2, 0.25) is 5.91 Å². The smallest absolute Gasteiger partial charge is 0.269 e. The molecule has 3 amide bonds. The van der Waals surface area contributed by atoms with E-state index in [9.17, 15) is 14.7 Å². The lowest BCUT2D eigenvalue weighted by molar-refractivity contribution is -0.150. The van der Waals surface area contributed by atoms with Gasteiger partial charge in [-0.15, -0.1) is 0 Å². The molecule has 1 N–H and O–H groups in total. The fourth-order valence-corrected chi connectivity index (χ4v) is 9.59. The first-order valence-electron chi connectivity index (χ1n) is 18.9. The summed E-state index contributed by atoms with van der Waals surface area (Å²) in [7, 11) is 1.64. The number of aliphatic hydroxyl groups excluding tert-OH is 1. The summed E-state index contributed by atoms with van der Waals surface area (Å²) in [5.74, 6) is 0.123. The molecule has 4 aliphatic heterocycles. The number of hydrogen-bond donors (Lipinski definition) is 1. The number of fused-ring (bicyclic) bond motifs is 3. The van der Waals surface area contributed by atoms with E-state index in [0.717, 1.165) is 29.7 Å². The van der Waals surface area contributed by atoms with E-state index >= 15 is 4.79 Å². The van der Waals surface area contributed by atoms with Crippen molar-refractivity contribution in [1.82, 2.24) is 4.90 Å². The second-order valence-electron chi connectivity index (χ2n) is 15.5. The molecule has 2 fully saturated rings. The minimum absolute atomic E-state index is 0.0587. The highest BCUT2D eigenvalue weighted by Gasteiger charge is 2.66. The van der Waals surface area contributed by atoms with Gasteiger partial charge in [-0.25, -0.2) is 0 Å². The van der Waals surface area contributed by atoms with Gasteiger partial charge in [-0.05, 0) is 71.8 Å². The van der Waals surface area contributed by atoms with Crippen LogP contribution in [0.3, 0.4) is 0 Å². The lowest BCUT2D eigenvalue weighted by Gasteiger charge is -2.39. The Kier molecular flexibility index (Phi) is 9.22. The van der Waals surface area contributed by atoms with Gasteiger partial charge in [-0.3, -0.25) is 19.3 Å². The number of rotatable bonds is 9. The highest BCUT2D eigenvalue weighted by Crippen LogP contribution is 2.60. The molecule has 10 nitrogen and oxygen atoms in total. The second-order valence-corrected chi connectivity index (χ2v) is 15.5. The predicted octanol–water partition coefficient (Wildman–Crippen LogP) is 6.50. The Morgan fingerprint density at radius 2 is 1.70 bits per heavy atom. The van der Waals surface area contributed by atoms with Crippen LogP contribution in [-0.2, 0) is 36.7 Å². The van der Waals surface area contributed by atoms with Crippen LogP contribution in [0.2, 0.25) is 0 Å². The van der Waals surface area contributed by atoms with Gasteiger partial charge in [0.25, 0.3) is 11.8 Å². The van der Waals surface area contributed by atoms with Crippen LogP contribution in [-0.4, -0.2) is 66.7 Å². The van der Waals surface area contributed by atoms with E-state index in [4.69, 9.17) is 14.2 Å². The number of nitrogens with zero attached hydrogens (tertiary/aromatic N) is 3. The van der Waals surface area contributed by atoms with Crippen LogP contribution >= 0.6 is 0 Å². The highest BCUT2D eigenvalue weighted by molar-refractivity contribution is 6.09. The summed E-state index contributed by atoms with van der Waals surface area (Å²) in [4.78, 5) is 48.4. The largest absolute Gasteiger partial charge is 0.497 e. The SMILES string of the molecule is COc1ccc(C(C)(C)[C@@H]2[C@@H](CC(=O)N3CCC[C@H]3CO)O[C@]3(C(=O)N(Cc4ccccc4)c4ccc(N5C(=O)COc6ccccc65)cc43)[C@H]2C)cc1. The van der Waals surface area contributed by atoms with Crippen molar-refractivity contribution in [3.8, 4) is 11.5 Å². The number of anilines is 3. The van der Waals surface area contributed by atoms with Crippen molar-refractivity contribution >= 4 is 34.8 Å². The molecule has 0 bridgehead atoms. The molecule has 1 spiro atoms. The zero-order chi connectivity index (χ0) is 37.8. The molecular weight excluding hydrogens is 682 g/mol. The monoisotopic (exact) mass is 729 g/mol. The van der Waals surface area contributed by atoms with Crippen LogP contribution in [0.5, 0.6) is 11.5 Å². The first-order valence-corrected chi connectivity index (χ1v) is 18.9. The molecule has 0 aliphatic carbocycles. The van der Waals surface area contributed by atoms with Crippen molar-refractivity contribution in [2.45, 2.75) is 69.7 Å². The summed E-state index contributed by atoms with van der Waals surface area (Å²) in [6, 6.07) is 30.7. The number of methoxy groups -OCH3 is 1. The molecule has 0 unspecified atom stereocenters. The zero-order valence-electron chi connectivity index (χ0n) is 31.2. The maximum Gasteiger partial charge on any atom is 0.269 e. The summed E-state index contributed by atoms with van der Waals surface area (Å²) in [6.07, 6.45) is 0.994. The maximum atomic E-state index is 15.4. The van der Waals surface area contributed by atoms with Gasteiger partial charge in [-0.1, -0.05) is 75.4 Å². The van der Waals surface area contributed by atoms with Crippen molar-refractivity contribution in [2.24, 2.45) is 11.8 Å². The van der Waals surface area contributed by atoms with Crippen molar-refractivity contribution in [2.75, 3.05) is 36.7 Å². The Labute approximate surface area is 316 Å². The molecule has 0 aromatic heterocycles.